The number of carboxylic acid groups (broad SMARTS) is 1. The van der Waals surface area contributed by atoms with Crippen LogP contribution in [0.1, 0.15) is 17.5 Å². The van der Waals surface area contributed by atoms with Crippen LogP contribution in [0.3, 0.4) is 0 Å². The first-order valence-corrected chi connectivity index (χ1v) is 7.98. The molecule has 0 aliphatic carbocycles. The van der Waals surface area contributed by atoms with Crippen molar-refractivity contribution < 1.29 is 19.5 Å². The average molecular weight is 338 g/mol. The van der Waals surface area contributed by atoms with E-state index in [2.05, 4.69) is 10.5 Å². The topological polar surface area (TPSA) is 88.0 Å². The second-order valence-electron chi connectivity index (χ2n) is 5.79. The van der Waals surface area contributed by atoms with Crippen molar-refractivity contribution in [3.8, 4) is 0 Å². The Morgan fingerprint density at radius 1 is 1.12 bits per heavy atom. The van der Waals surface area contributed by atoms with Crippen LogP contribution in [0.2, 0.25) is 0 Å². The Bertz CT molecular complexity index is 775. The van der Waals surface area contributed by atoms with Crippen molar-refractivity contribution in [1.82, 2.24) is 5.32 Å². The molecular weight excluding hydrogens is 320 g/mol. The Labute approximate surface area is 145 Å². The van der Waals surface area contributed by atoms with E-state index < -0.39 is 24.0 Å². The molecular formula is C19H18N2O4. The standard InChI is InChI=1S/C19H18N2O4/c22-18(17-12-15(21-25-17)14-9-5-2-6-10-14)20-16(19(23)24)11-13-7-3-1-4-8-13/h1-10,16-17H,11-12H2,(H,20,22)(H,23,24)/t16-,17-/m0/s1. The molecule has 1 heterocycles. The van der Waals surface area contributed by atoms with Crippen molar-refractivity contribution in [1.29, 1.82) is 0 Å². The molecule has 6 heteroatoms. The first-order chi connectivity index (χ1) is 12.1. The van der Waals surface area contributed by atoms with Crippen molar-refractivity contribution in [2.24, 2.45) is 5.16 Å². The number of rotatable bonds is 6. The Morgan fingerprint density at radius 3 is 2.40 bits per heavy atom. The number of oxime groups is 1. The van der Waals surface area contributed by atoms with E-state index in [1.807, 2.05) is 60.7 Å². The smallest absolute Gasteiger partial charge is 0.326 e. The van der Waals surface area contributed by atoms with Crippen LogP contribution in [0.4, 0.5) is 0 Å². The highest BCUT2D eigenvalue weighted by Crippen LogP contribution is 2.17. The molecule has 0 radical (unpaired) electrons. The molecule has 3 rings (SSSR count). The normalized spacial score (nSPS) is 17.3. The van der Waals surface area contributed by atoms with Crippen LogP contribution in [0.25, 0.3) is 0 Å². The van der Waals surface area contributed by atoms with Crippen molar-refractivity contribution in [2.75, 3.05) is 0 Å². The fraction of sp³-hybridized carbons (Fsp3) is 0.211. The fourth-order valence-corrected chi connectivity index (χ4v) is 2.63. The van der Waals surface area contributed by atoms with Crippen LogP contribution in [0.15, 0.2) is 65.8 Å². The molecule has 0 spiro atoms. The first kappa shape index (κ1) is 16.7. The maximum atomic E-state index is 12.4. The number of carbonyl (C=O) groups is 2. The fourth-order valence-electron chi connectivity index (χ4n) is 2.63. The lowest BCUT2D eigenvalue weighted by Gasteiger charge is -2.16. The molecule has 25 heavy (non-hydrogen) atoms. The van der Waals surface area contributed by atoms with E-state index in [-0.39, 0.29) is 6.42 Å². The van der Waals surface area contributed by atoms with E-state index in [9.17, 15) is 14.7 Å². The molecule has 0 bridgehead atoms. The molecule has 1 amide bonds. The van der Waals surface area contributed by atoms with E-state index in [4.69, 9.17) is 4.84 Å². The minimum Gasteiger partial charge on any atom is -0.480 e. The van der Waals surface area contributed by atoms with Gasteiger partial charge in [0, 0.05) is 12.8 Å². The predicted molar refractivity (Wildman–Crippen MR) is 92.2 cm³/mol. The Kier molecular flexibility index (Phi) is 5.09. The Balaban J connectivity index is 1.60. The van der Waals surface area contributed by atoms with Gasteiger partial charge in [0.15, 0.2) is 0 Å². The number of nitrogens with one attached hydrogen (secondary N) is 1. The van der Waals surface area contributed by atoms with E-state index >= 15 is 0 Å². The molecule has 128 valence electrons. The first-order valence-electron chi connectivity index (χ1n) is 7.98. The Hall–Kier alpha value is -3.15. The van der Waals surface area contributed by atoms with Crippen molar-refractivity contribution in [2.45, 2.75) is 25.0 Å². The molecule has 2 aromatic rings. The lowest BCUT2D eigenvalue weighted by atomic mass is 10.0. The molecule has 1 aliphatic rings. The number of nitrogens with zero attached hydrogens (tertiary/aromatic N) is 1. The highest BCUT2D eigenvalue weighted by atomic mass is 16.6. The summed E-state index contributed by atoms with van der Waals surface area (Å²) < 4.78 is 0. The molecule has 0 saturated carbocycles. The summed E-state index contributed by atoms with van der Waals surface area (Å²) in [5.41, 5.74) is 2.40. The van der Waals surface area contributed by atoms with Crippen molar-refractivity contribution in [3.05, 3.63) is 71.8 Å². The van der Waals surface area contributed by atoms with Gasteiger partial charge in [0.2, 0.25) is 6.10 Å². The lowest BCUT2D eigenvalue weighted by Crippen LogP contribution is -2.46. The number of amides is 1. The van der Waals surface area contributed by atoms with Gasteiger partial charge < -0.3 is 15.3 Å². The molecule has 0 fully saturated rings. The van der Waals surface area contributed by atoms with E-state index in [0.717, 1.165) is 11.1 Å². The van der Waals surface area contributed by atoms with Gasteiger partial charge in [0.05, 0.1) is 5.71 Å². The number of benzene rings is 2. The number of carbonyl (C=O) groups excluding carboxylic acids is 1. The largest absolute Gasteiger partial charge is 0.480 e. The number of hydrogen-bond donors (Lipinski definition) is 2. The zero-order valence-electron chi connectivity index (χ0n) is 13.5. The molecule has 6 nitrogen and oxygen atoms in total. The molecule has 1 aliphatic heterocycles. The maximum Gasteiger partial charge on any atom is 0.326 e. The minimum atomic E-state index is -1.08. The molecule has 0 unspecified atom stereocenters. The van der Waals surface area contributed by atoms with Crippen LogP contribution in [-0.4, -0.2) is 34.8 Å². The summed E-state index contributed by atoms with van der Waals surface area (Å²) >= 11 is 0. The monoisotopic (exact) mass is 338 g/mol. The SMILES string of the molecule is O=C(O)[C@H](Cc1ccccc1)NC(=O)[C@@H]1CC(c2ccccc2)=NO1. The summed E-state index contributed by atoms with van der Waals surface area (Å²) in [7, 11) is 0. The minimum absolute atomic E-state index is 0.209. The van der Waals surface area contributed by atoms with Crippen LogP contribution >= 0.6 is 0 Å². The third kappa shape index (κ3) is 4.23. The van der Waals surface area contributed by atoms with Gasteiger partial charge in [-0.05, 0) is 11.1 Å². The molecule has 2 atom stereocenters. The van der Waals surface area contributed by atoms with Gasteiger partial charge in [-0.2, -0.15) is 0 Å². The van der Waals surface area contributed by atoms with Gasteiger partial charge in [-0.25, -0.2) is 4.79 Å². The van der Waals surface area contributed by atoms with E-state index in [1.54, 1.807) is 0 Å². The Morgan fingerprint density at radius 2 is 1.76 bits per heavy atom. The quantitative estimate of drug-likeness (QED) is 0.843. The number of hydrogen-bond acceptors (Lipinski definition) is 4. The van der Waals surface area contributed by atoms with Gasteiger partial charge in [-0.3, -0.25) is 4.79 Å². The summed E-state index contributed by atoms with van der Waals surface area (Å²) in [4.78, 5) is 29.0. The van der Waals surface area contributed by atoms with Gasteiger partial charge in [-0.15, -0.1) is 0 Å². The van der Waals surface area contributed by atoms with Gasteiger partial charge in [0.1, 0.15) is 6.04 Å². The summed E-state index contributed by atoms with van der Waals surface area (Å²) in [5.74, 6) is -1.56. The third-order valence-corrected chi connectivity index (χ3v) is 3.97. The molecule has 2 N–H and O–H groups in total. The zero-order chi connectivity index (χ0) is 17.6. The van der Waals surface area contributed by atoms with Crippen molar-refractivity contribution in [3.63, 3.8) is 0 Å². The summed E-state index contributed by atoms with van der Waals surface area (Å²) in [6, 6.07) is 17.6. The number of aliphatic carboxylic acids is 1. The second kappa shape index (κ2) is 7.61. The van der Waals surface area contributed by atoms with Crippen LogP contribution in [0, 0.1) is 0 Å². The molecule has 2 aromatic carbocycles. The van der Waals surface area contributed by atoms with Crippen LogP contribution < -0.4 is 5.32 Å². The average Bonchev–Trinajstić information content (AvgIpc) is 3.13. The highest BCUT2D eigenvalue weighted by molar-refractivity contribution is 6.04. The van der Waals surface area contributed by atoms with E-state index in [0.29, 0.717) is 12.1 Å². The molecule has 0 aromatic heterocycles. The van der Waals surface area contributed by atoms with E-state index in [1.165, 1.54) is 0 Å². The second-order valence-corrected chi connectivity index (χ2v) is 5.79. The molecule has 0 saturated heterocycles. The van der Waals surface area contributed by atoms with Gasteiger partial charge in [0.25, 0.3) is 5.91 Å². The highest BCUT2D eigenvalue weighted by Gasteiger charge is 2.31. The van der Waals surface area contributed by atoms with Gasteiger partial charge >= 0.3 is 5.97 Å². The zero-order valence-corrected chi connectivity index (χ0v) is 13.5. The third-order valence-electron chi connectivity index (χ3n) is 3.97. The van der Waals surface area contributed by atoms with Crippen LogP contribution in [-0.2, 0) is 20.8 Å². The van der Waals surface area contributed by atoms with Gasteiger partial charge in [-0.1, -0.05) is 65.8 Å². The summed E-state index contributed by atoms with van der Waals surface area (Å²) in [6.45, 7) is 0. The lowest BCUT2D eigenvalue weighted by molar-refractivity contribution is -0.143. The number of carboxylic acids is 1. The predicted octanol–water partition coefficient (Wildman–Crippen LogP) is 1.99. The maximum absolute atomic E-state index is 12.4. The summed E-state index contributed by atoms with van der Waals surface area (Å²) in [6.07, 6.45) is -0.290. The van der Waals surface area contributed by atoms with Crippen LogP contribution in [0.5, 0.6) is 0 Å². The van der Waals surface area contributed by atoms with Crippen molar-refractivity contribution >= 4 is 17.6 Å². The summed E-state index contributed by atoms with van der Waals surface area (Å²) in [5, 5.41) is 15.9.